The van der Waals surface area contributed by atoms with Gasteiger partial charge in [0.1, 0.15) is 10.6 Å². The smallest absolute Gasteiger partial charge is 0.269 e. The molecule has 0 saturated heterocycles. The lowest BCUT2D eigenvalue weighted by atomic mass is 10.1. The molecule has 0 aliphatic carbocycles. The van der Waals surface area contributed by atoms with Crippen LogP contribution in [0, 0.1) is 13.8 Å². The first-order valence-electron chi connectivity index (χ1n) is 6.40. The summed E-state index contributed by atoms with van der Waals surface area (Å²) in [7, 11) is 0. The molecule has 0 aliphatic heterocycles. The van der Waals surface area contributed by atoms with E-state index in [4.69, 9.17) is 0 Å². The Kier molecular flexibility index (Phi) is 3.81. The summed E-state index contributed by atoms with van der Waals surface area (Å²) in [6.07, 6.45) is 0. The van der Waals surface area contributed by atoms with Crippen LogP contribution in [0.15, 0.2) is 35.7 Å². The molecule has 0 unspecified atom stereocenters. The van der Waals surface area contributed by atoms with Crippen LogP contribution in [-0.4, -0.2) is 15.5 Å². The normalized spacial score (nSPS) is 10.6. The zero-order valence-electron chi connectivity index (χ0n) is 11.6. The highest BCUT2D eigenvalue weighted by Gasteiger charge is 2.19. The predicted octanol–water partition coefficient (Wildman–Crippen LogP) is 4.14. The van der Waals surface area contributed by atoms with Gasteiger partial charge >= 0.3 is 0 Å². The Labute approximate surface area is 130 Å². The van der Waals surface area contributed by atoms with Gasteiger partial charge in [0.15, 0.2) is 0 Å². The standard InChI is InChI=1S/C15H13N3OS2/c1-9-5-6-11(10(2)8-9)16-15(19)14-13(17-18-21-14)12-4-3-7-20-12/h3-8H,1-2H3,(H,16,19). The van der Waals surface area contributed by atoms with Crippen molar-refractivity contribution in [3.05, 3.63) is 51.7 Å². The molecule has 0 aliphatic rings. The zero-order chi connectivity index (χ0) is 14.8. The molecule has 0 radical (unpaired) electrons. The summed E-state index contributed by atoms with van der Waals surface area (Å²) in [4.78, 5) is 13.9. The molecule has 3 rings (SSSR count). The molecule has 2 heterocycles. The number of nitrogens with zero attached hydrogens (tertiary/aromatic N) is 2. The maximum Gasteiger partial charge on any atom is 0.269 e. The molecule has 4 nitrogen and oxygen atoms in total. The quantitative estimate of drug-likeness (QED) is 0.790. The van der Waals surface area contributed by atoms with Gasteiger partial charge in [-0.05, 0) is 48.5 Å². The predicted molar refractivity (Wildman–Crippen MR) is 87.1 cm³/mol. The van der Waals surface area contributed by atoms with Gasteiger partial charge in [0.25, 0.3) is 5.91 Å². The van der Waals surface area contributed by atoms with Gasteiger partial charge in [-0.15, -0.1) is 16.4 Å². The van der Waals surface area contributed by atoms with Crippen LogP contribution in [0.4, 0.5) is 5.69 Å². The van der Waals surface area contributed by atoms with Gasteiger partial charge in [0.2, 0.25) is 0 Å². The zero-order valence-corrected chi connectivity index (χ0v) is 13.2. The van der Waals surface area contributed by atoms with Crippen LogP contribution in [0.1, 0.15) is 20.8 Å². The summed E-state index contributed by atoms with van der Waals surface area (Å²) < 4.78 is 3.91. The summed E-state index contributed by atoms with van der Waals surface area (Å²) >= 11 is 2.67. The Morgan fingerprint density at radius 3 is 2.81 bits per heavy atom. The maximum atomic E-state index is 12.5. The molecule has 6 heteroatoms. The second-order valence-corrected chi connectivity index (χ2v) is 6.40. The lowest BCUT2D eigenvalue weighted by molar-refractivity contribution is 0.103. The van der Waals surface area contributed by atoms with Gasteiger partial charge in [0, 0.05) is 5.69 Å². The number of benzene rings is 1. The highest BCUT2D eigenvalue weighted by Crippen LogP contribution is 2.28. The van der Waals surface area contributed by atoms with E-state index in [0.29, 0.717) is 10.6 Å². The number of thiophene rings is 1. The van der Waals surface area contributed by atoms with Crippen LogP contribution in [-0.2, 0) is 0 Å². The molecule has 1 aromatic carbocycles. The van der Waals surface area contributed by atoms with Crippen LogP contribution >= 0.6 is 22.9 Å². The van der Waals surface area contributed by atoms with Gasteiger partial charge in [0.05, 0.1) is 4.88 Å². The molecule has 3 aromatic rings. The van der Waals surface area contributed by atoms with E-state index in [1.54, 1.807) is 11.3 Å². The number of carbonyl (C=O) groups excluding carboxylic acids is 1. The fourth-order valence-corrected chi connectivity index (χ4v) is 3.40. The number of hydrogen-bond acceptors (Lipinski definition) is 5. The van der Waals surface area contributed by atoms with E-state index in [0.717, 1.165) is 27.7 Å². The number of anilines is 1. The minimum absolute atomic E-state index is 0.166. The Balaban J connectivity index is 1.88. The van der Waals surface area contributed by atoms with Crippen molar-refractivity contribution in [3.63, 3.8) is 0 Å². The maximum absolute atomic E-state index is 12.5. The Hall–Kier alpha value is -2.05. The Morgan fingerprint density at radius 1 is 1.24 bits per heavy atom. The lowest BCUT2D eigenvalue weighted by Gasteiger charge is -2.08. The molecule has 106 valence electrons. The van der Waals surface area contributed by atoms with Crippen molar-refractivity contribution >= 4 is 34.5 Å². The molecule has 2 aromatic heterocycles. The molecule has 0 spiro atoms. The summed E-state index contributed by atoms with van der Waals surface area (Å²) in [5, 5.41) is 8.97. The van der Waals surface area contributed by atoms with Gasteiger partial charge in [-0.3, -0.25) is 4.79 Å². The number of nitrogens with one attached hydrogen (secondary N) is 1. The second kappa shape index (κ2) is 5.75. The van der Waals surface area contributed by atoms with Crippen molar-refractivity contribution in [2.45, 2.75) is 13.8 Å². The van der Waals surface area contributed by atoms with E-state index in [1.807, 2.05) is 49.6 Å². The van der Waals surface area contributed by atoms with Crippen molar-refractivity contribution in [1.29, 1.82) is 0 Å². The molecule has 21 heavy (non-hydrogen) atoms. The molecule has 0 saturated carbocycles. The summed E-state index contributed by atoms with van der Waals surface area (Å²) in [5.41, 5.74) is 3.68. The number of aromatic nitrogens is 2. The van der Waals surface area contributed by atoms with Crippen molar-refractivity contribution in [2.75, 3.05) is 5.32 Å². The molecule has 0 fully saturated rings. The third kappa shape index (κ3) is 2.86. The third-order valence-electron chi connectivity index (χ3n) is 3.08. The van der Waals surface area contributed by atoms with Crippen LogP contribution in [0.5, 0.6) is 0 Å². The van der Waals surface area contributed by atoms with E-state index in [-0.39, 0.29) is 5.91 Å². The fourth-order valence-electron chi connectivity index (χ4n) is 2.05. The van der Waals surface area contributed by atoms with Gasteiger partial charge < -0.3 is 5.32 Å². The molecule has 0 atom stereocenters. The minimum atomic E-state index is -0.166. The van der Waals surface area contributed by atoms with Crippen LogP contribution < -0.4 is 5.32 Å². The van der Waals surface area contributed by atoms with Gasteiger partial charge in [-0.2, -0.15) is 0 Å². The second-order valence-electron chi connectivity index (χ2n) is 4.70. The summed E-state index contributed by atoms with van der Waals surface area (Å²) in [6, 6.07) is 9.82. The molecule has 0 bridgehead atoms. The first kappa shape index (κ1) is 13.9. The van der Waals surface area contributed by atoms with E-state index in [1.165, 1.54) is 5.56 Å². The van der Waals surface area contributed by atoms with E-state index in [2.05, 4.69) is 14.9 Å². The van der Waals surface area contributed by atoms with Crippen molar-refractivity contribution in [1.82, 2.24) is 9.59 Å². The number of hydrogen-bond donors (Lipinski definition) is 1. The largest absolute Gasteiger partial charge is 0.321 e. The average molecular weight is 315 g/mol. The first-order valence-corrected chi connectivity index (χ1v) is 8.05. The van der Waals surface area contributed by atoms with E-state index in [9.17, 15) is 4.79 Å². The average Bonchev–Trinajstić information content (AvgIpc) is 3.10. The SMILES string of the molecule is Cc1ccc(NC(=O)c2snnc2-c2cccs2)c(C)c1. The minimum Gasteiger partial charge on any atom is -0.321 e. The highest BCUT2D eigenvalue weighted by molar-refractivity contribution is 7.14. The lowest BCUT2D eigenvalue weighted by Crippen LogP contribution is -2.12. The van der Waals surface area contributed by atoms with Crippen molar-refractivity contribution < 1.29 is 4.79 Å². The Bertz CT molecular complexity index is 778. The highest BCUT2D eigenvalue weighted by atomic mass is 32.1. The van der Waals surface area contributed by atoms with Gasteiger partial charge in [-0.1, -0.05) is 28.3 Å². The number of amides is 1. The monoisotopic (exact) mass is 315 g/mol. The van der Waals surface area contributed by atoms with Crippen LogP contribution in [0.2, 0.25) is 0 Å². The number of aryl methyl sites for hydroxylation is 2. The number of carbonyl (C=O) groups is 1. The summed E-state index contributed by atoms with van der Waals surface area (Å²) in [5.74, 6) is -0.166. The van der Waals surface area contributed by atoms with Crippen molar-refractivity contribution in [2.24, 2.45) is 0 Å². The topological polar surface area (TPSA) is 54.9 Å². The van der Waals surface area contributed by atoms with Crippen LogP contribution in [0.25, 0.3) is 10.6 Å². The molecular weight excluding hydrogens is 302 g/mol. The molecule has 1 N–H and O–H groups in total. The fraction of sp³-hybridized carbons (Fsp3) is 0.133. The molecular formula is C15H13N3OS2. The first-order chi connectivity index (χ1) is 10.1. The Morgan fingerprint density at radius 2 is 2.10 bits per heavy atom. The van der Waals surface area contributed by atoms with Gasteiger partial charge in [-0.25, -0.2) is 0 Å². The van der Waals surface area contributed by atoms with E-state index < -0.39 is 0 Å². The van der Waals surface area contributed by atoms with Crippen molar-refractivity contribution in [3.8, 4) is 10.6 Å². The van der Waals surface area contributed by atoms with Crippen LogP contribution in [0.3, 0.4) is 0 Å². The summed E-state index contributed by atoms with van der Waals surface area (Å²) in [6.45, 7) is 4.01. The molecule has 1 amide bonds. The third-order valence-corrected chi connectivity index (χ3v) is 4.68. The van der Waals surface area contributed by atoms with E-state index >= 15 is 0 Å². The number of rotatable bonds is 3.